The smallest absolute Gasteiger partial charge is 0.255 e. The van der Waals surface area contributed by atoms with E-state index in [1.807, 2.05) is 12.1 Å². The van der Waals surface area contributed by atoms with Gasteiger partial charge in [-0.05, 0) is 29.8 Å². The number of hydrogen-bond acceptors (Lipinski definition) is 4. The Morgan fingerprint density at radius 2 is 1.84 bits per heavy atom. The van der Waals surface area contributed by atoms with Crippen LogP contribution in [-0.2, 0) is 11.3 Å². The minimum Gasteiger partial charge on any atom is -0.353 e. The molecule has 0 spiro atoms. The molecule has 0 unspecified atom stereocenters. The first kappa shape index (κ1) is 20.6. The summed E-state index contributed by atoms with van der Waals surface area (Å²) in [6.07, 6.45) is 1.48. The molecule has 4 rings (SSSR count). The molecule has 0 bridgehead atoms. The lowest BCUT2D eigenvalue weighted by molar-refractivity contribution is -0.123. The van der Waals surface area contributed by atoms with Crippen molar-refractivity contribution in [2.24, 2.45) is 0 Å². The first-order valence-electron chi connectivity index (χ1n) is 9.73. The van der Waals surface area contributed by atoms with Crippen LogP contribution in [0.3, 0.4) is 0 Å². The third-order valence-corrected chi connectivity index (χ3v) is 5.25. The SMILES string of the molecule is O=C1CN(C(=O)c2ccc(CNC(=O)c3cn[nH]c3-c3ccc(Cl)cc3)cc2)CCN1. The Kier molecular flexibility index (Phi) is 5.99. The molecule has 0 saturated carbocycles. The van der Waals surface area contributed by atoms with Crippen molar-refractivity contribution in [3.05, 3.63) is 76.4 Å². The highest BCUT2D eigenvalue weighted by Gasteiger charge is 2.22. The monoisotopic (exact) mass is 437 g/mol. The number of nitrogens with one attached hydrogen (secondary N) is 3. The van der Waals surface area contributed by atoms with Crippen molar-refractivity contribution in [3.63, 3.8) is 0 Å². The van der Waals surface area contributed by atoms with Crippen molar-refractivity contribution in [3.8, 4) is 11.3 Å². The van der Waals surface area contributed by atoms with Crippen molar-refractivity contribution >= 4 is 29.3 Å². The highest BCUT2D eigenvalue weighted by molar-refractivity contribution is 6.30. The molecule has 2 heterocycles. The Morgan fingerprint density at radius 3 is 2.55 bits per heavy atom. The molecule has 0 aliphatic carbocycles. The second-order valence-corrected chi connectivity index (χ2v) is 7.56. The number of amides is 3. The molecule has 8 nitrogen and oxygen atoms in total. The van der Waals surface area contributed by atoms with Crippen molar-refractivity contribution in [1.82, 2.24) is 25.7 Å². The van der Waals surface area contributed by atoms with Crippen molar-refractivity contribution in [2.45, 2.75) is 6.54 Å². The Hall–Kier alpha value is -3.65. The molecule has 1 aromatic heterocycles. The van der Waals surface area contributed by atoms with E-state index in [4.69, 9.17) is 11.6 Å². The lowest BCUT2D eigenvalue weighted by Gasteiger charge is -2.26. The predicted octanol–water partition coefficient (Wildman–Crippen LogP) is 2.23. The van der Waals surface area contributed by atoms with E-state index < -0.39 is 0 Å². The zero-order valence-corrected chi connectivity index (χ0v) is 17.3. The van der Waals surface area contributed by atoms with Gasteiger partial charge in [0.25, 0.3) is 11.8 Å². The van der Waals surface area contributed by atoms with Crippen LogP contribution in [0.15, 0.2) is 54.7 Å². The second kappa shape index (κ2) is 9.01. The molecule has 0 atom stereocenters. The van der Waals surface area contributed by atoms with Crippen LogP contribution in [0, 0.1) is 0 Å². The van der Waals surface area contributed by atoms with Crippen LogP contribution >= 0.6 is 11.6 Å². The number of aromatic amines is 1. The molecule has 31 heavy (non-hydrogen) atoms. The van der Waals surface area contributed by atoms with Gasteiger partial charge in [-0.1, -0.05) is 35.9 Å². The van der Waals surface area contributed by atoms with Crippen molar-refractivity contribution in [2.75, 3.05) is 19.6 Å². The lowest BCUT2D eigenvalue weighted by Crippen LogP contribution is -2.49. The number of piperazine rings is 1. The summed E-state index contributed by atoms with van der Waals surface area (Å²) < 4.78 is 0. The summed E-state index contributed by atoms with van der Waals surface area (Å²) in [6, 6.07) is 14.1. The highest BCUT2D eigenvalue weighted by atomic mass is 35.5. The molecular formula is C22H20ClN5O3. The van der Waals surface area contributed by atoms with Gasteiger partial charge in [-0.2, -0.15) is 5.10 Å². The fourth-order valence-electron chi connectivity index (χ4n) is 3.33. The van der Waals surface area contributed by atoms with Gasteiger partial charge in [0.2, 0.25) is 5.91 Å². The summed E-state index contributed by atoms with van der Waals surface area (Å²) >= 11 is 5.93. The molecule has 9 heteroatoms. The van der Waals surface area contributed by atoms with E-state index in [2.05, 4.69) is 20.8 Å². The van der Waals surface area contributed by atoms with Gasteiger partial charge in [0.05, 0.1) is 24.0 Å². The van der Waals surface area contributed by atoms with Gasteiger partial charge in [0.1, 0.15) is 0 Å². The number of benzene rings is 2. The van der Waals surface area contributed by atoms with E-state index in [1.165, 1.54) is 11.1 Å². The molecule has 3 aromatic rings. The molecule has 1 fully saturated rings. The number of rotatable bonds is 5. The van der Waals surface area contributed by atoms with E-state index in [0.717, 1.165) is 11.1 Å². The maximum Gasteiger partial charge on any atom is 0.255 e. The van der Waals surface area contributed by atoms with Crippen LogP contribution in [0.2, 0.25) is 5.02 Å². The summed E-state index contributed by atoms with van der Waals surface area (Å²) in [5, 5.41) is 13.0. The summed E-state index contributed by atoms with van der Waals surface area (Å²) in [6.45, 7) is 1.31. The molecular weight excluding hydrogens is 418 g/mol. The van der Waals surface area contributed by atoms with Gasteiger partial charge in [-0.3, -0.25) is 19.5 Å². The standard InChI is InChI=1S/C22H20ClN5O3/c23-17-7-5-15(6-8-17)20-18(12-26-27-20)21(30)25-11-14-1-3-16(4-2-14)22(31)28-10-9-24-19(29)13-28/h1-8,12H,9-11,13H2,(H,24,29)(H,25,30)(H,26,27). The second-order valence-electron chi connectivity index (χ2n) is 7.12. The number of halogens is 1. The Morgan fingerprint density at radius 1 is 1.10 bits per heavy atom. The van der Waals surface area contributed by atoms with E-state index >= 15 is 0 Å². The first-order valence-corrected chi connectivity index (χ1v) is 10.1. The van der Waals surface area contributed by atoms with Crippen LogP contribution < -0.4 is 10.6 Å². The van der Waals surface area contributed by atoms with Gasteiger partial charge in [-0.15, -0.1) is 0 Å². The molecule has 3 amide bonds. The average molecular weight is 438 g/mol. The maximum atomic E-state index is 12.7. The molecule has 1 aliphatic rings. The van der Waals surface area contributed by atoms with E-state index in [-0.39, 0.29) is 24.3 Å². The number of carbonyl (C=O) groups is 3. The summed E-state index contributed by atoms with van der Waals surface area (Å²) in [7, 11) is 0. The zero-order chi connectivity index (χ0) is 21.8. The first-order chi connectivity index (χ1) is 15.0. The van der Waals surface area contributed by atoms with Crippen LogP contribution in [0.25, 0.3) is 11.3 Å². The molecule has 2 aromatic carbocycles. The van der Waals surface area contributed by atoms with Crippen LogP contribution in [0.1, 0.15) is 26.3 Å². The molecule has 1 aliphatic heterocycles. The fourth-order valence-corrected chi connectivity index (χ4v) is 3.46. The fraction of sp³-hybridized carbons (Fsp3) is 0.182. The van der Waals surface area contributed by atoms with E-state index in [1.54, 1.807) is 36.4 Å². The largest absolute Gasteiger partial charge is 0.353 e. The molecule has 1 saturated heterocycles. The van der Waals surface area contributed by atoms with Crippen LogP contribution in [0.5, 0.6) is 0 Å². The average Bonchev–Trinajstić information content (AvgIpc) is 3.28. The summed E-state index contributed by atoms with van der Waals surface area (Å²) in [4.78, 5) is 38.2. The highest BCUT2D eigenvalue weighted by Crippen LogP contribution is 2.23. The molecule has 3 N–H and O–H groups in total. The third kappa shape index (κ3) is 4.75. The van der Waals surface area contributed by atoms with Gasteiger partial charge < -0.3 is 15.5 Å². The number of hydrogen-bond donors (Lipinski definition) is 3. The minimum atomic E-state index is -0.266. The zero-order valence-electron chi connectivity index (χ0n) is 16.5. The van der Waals surface area contributed by atoms with Gasteiger partial charge in [0, 0.05) is 35.8 Å². The van der Waals surface area contributed by atoms with Crippen LogP contribution in [-0.4, -0.2) is 52.5 Å². The number of carbonyl (C=O) groups excluding carboxylic acids is 3. The molecule has 0 radical (unpaired) electrons. The van der Waals surface area contributed by atoms with Gasteiger partial charge in [0.15, 0.2) is 0 Å². The van der Waals surface area contributed by atoms with Crippen molar-refractivity contribution in [1.29, 1.82) is 0 Å². The quantitative estimate of drug-likeness (QED) is 0.569. The number of H-pyrrole nitrogens is 1. The lowest BCUT2D eigenvalue weighted by atomic mass is 10.1. The Bertz CT molecular complexity index is 1110. The number of nitrogens with zero attached hydrogens (tertiary/aromatic N) is 2. The van der Waals surface area contributed by atoms with Gasteiger partial charge >= 0.3 is 0 Å². The van der Waals surface area contributed by atoms with Crippen molar-refractivity contribution < 1.29 is 14.4 Å². The van der Waals surface area contributed by atoms with E-state index in [0.29, 0.717) is 41.5 Å². The normalized spacial score (nSPS) is 13.6. The summed E-state index contributed by atoms with van der Waals surface area (Å²) in [5.41, 5.74) is 3.20. The minimum absolute atomic E-state index is 0.0668. The maximum absolute atomic E-state index is 12.7. The summed E-state index contributed by atoms with van der Waals surface area (Å²) in [5.74, 6) is -0.606. The topological polar surface area (TPSA) is 107 Å². The van der Waals surface area contributed by atoms with Gasteiger partial charge in [-0.25, -0.2) is 0 Å². The van der Waals surface area contributed by atoms with Crippen LogP contribution in [0.4, 0.5) is 0 Å². The molecule has 158 valence electrons. The third-order valence-electron chi connectivity index (χ3n) is 5.00. The van der Waals surface area contributed by atoms with E-state index in [9.17, 15) is 14.4 Å². The number of aromatic nitrogens is 2. The predicted molar refractivity (Wildman–Crippen MR) is 116 cm³/mol. The Balaban J connectivity index is 1.38. The Labute approximate surface area is 183 Å².